The molecule has 20 heavy (non-hydrogen) atoms. The molecule has 1 aromatic heterocycles. The molecule has 2 heterocycles. The molecule has 0 saturated heterocycles. The standard InChI is InChI=1S/C15H16N2OS2/c1-10-3-5-13(6-4-10)19-8-12-9-20-15-16-11(2)7-14(18)17(12)15/h3-7,12H,8-9H2,1-2H3/t12-/m0/s1. The van der Waals surface area contributed by atoms with Crippen molar-refractivity contribution in [2.45, 2.75) is 29.9 Å². The fourth-order valence-corrected chi connectivity index (χ4v) is 4.54. The van der Waals surface area contributed by atoms with E-state index in [9.17, 15) is 4.79 Å². The Morgan fingerprint density at radius 3 is 2.85 bits per heavy atom. The van der Waals surface area contributed by atoms with Gasteiger partial charge in [-0.05, 0) is 26.0 Å². The number of aryl methyl sites for hydroxylation is 2. The van der Waals surface area contributed by atoms with Crippen LogP contribution in [0.4, 0.5) is 0 Å². The van der Waals surface area contributed by atoms with Gasteiger partial charge in [0.2, 0.25) is 0 Å². The van der Waals surface area contributed by atoms with Crippen LogP contribution in [-0.4, -0.2) is 21.1 Å². The number of thioether (sulfide) groups is 2. The number of rotatable bonds is 3. The monoisotopic (exact) mass is 304 g/mol. The first-order valence-corrected chi connectivity index (χ1v) is 8.53. The summed E-state index contributed by atoms with van der Waals surface area (Å²) in [5.41, 5.74) is 2.15. The van der Waals surface area contributed by atoms with Crippen LogP contribution in [-0.2, 0) is 0 Å². The zero-order valence-corrected chi connectivity index (χ0v) is 13.1. The van der Waals surface area contributed by atoms with Crippen LogP contribution in [0.2, 0.25) is 0 Å². The molecule has 0 bridgehead atoms. The summed E-state index contributed by atoms with van der Waals surface area (Å²) in [6.45, 7) is 3.96. The smallest absolute Gasteiger partial charge is 0.254 e. The summed E-state index contributed by atoms with van der Waals surface area (Å²) in [6, 6.07) is 10.4. The van der Waals surface area contributed by atoms with E-state index in [4.69, 9.17) is 0 Å². The molecule has 3 nitrogen and oxygen atoms in total. The molecule has 3 rings (SSSR count). The minimum atomic E-state index is 0.0759. The van der Waals surface area contributed by atoms with E-state index >= 15 is 0 Å². The van der Waals surface area contributed by atoms with E-state index in [0.717, 1.165) is 22.4 Å². The van der Waals surface area contributed by atoms with Crippen molar-refractivity contribution in [2.24, 2.45) is 0 Å². The van der Waals surface area contributed by atoms with Crippen LogP contribution in [0.15, 0.2) is 45.2 Å². The first-order chi connectivity index (χ1) is 9.63. The predicted octanol–water partition coefficient (Wildman–Crippen LogP) is 3.30. The Bertz CT molecular complexity index is 679. The van der Waals surface area contributed by atoms with Gasteiger partial charge in [0.1, 0.15) is 0 Å². The van der Waals surface area contributed by atoms with Crippen molar-refractivity contribution < 1.29 is 0 Å². The maximum Gasteiger partial charge on any atom is 0.254 e. The van der Waals surface area contributed by atoms with Gasteiger partial charge in [-0.3, -0.25) is 9.36 Å². The molecule has 0 amide bonds. The highest BCUT2D eigenvalue weighted by atomic mass is 32.2. The number of benzene rings is 1. The second-order valence-corrected chi connectivity index (χ2v) is 7.06. The van der Waals surface area contributed by atoms with Crippen molar-refractivity contribution in [3.8, 4) is 0 Å². The van der Waals surface area contributed by atoms with Gasteiger partial charge in [0, 0.05) is 28.2 Å². The van der Waals surface area contributed by atoms with Crippen LogP contribution in [0, 0.1) is 13.8 Å². The Labute approximate surface area is 126 Å². The Morgan fingerprint density at radius 2 is 2.10 bits per heavy atom. The summed E-state index contributed by atoms with van der Waals surface area (Å²) in [4.78, 5) is 17.8. The highest BCUT2D eigenvalue weighted by molar-refractivity contribution is 8.00. The molecular weight excluding hydrogens is 288 g/mol. The zero-order valence-electron chi connectivity index (χ0n) is 11.5. The Kier molecular flexibility index (Phi) is 3.89. The molecular formula is C15H16N2OS2. The van der Waals surface area contributed by atoms with E-state index in [-0.39, 0.29) is 11.6 Å². The van der Waals surface area contributed by atoms with Gasteiger partial charge in [-0.15, -0.1) is 11.8 Å². The summed E-state index contributed by atoms with van der Waals surface area (Å²) < 4.78 is 1.85. The molecule has 2 aromatic rings. The van der Waals surface area contributed by atoms with Gasteiger partial charge >= 0.3 is 0 Å². The largest absolute Gasteiger partial charge is 0.283 e. The summed E-state index contributed by atoms with van der Waals surface area (Å²) in [6.07, 6.45) is 0. The minimum absolute atomic E-state index is 0.0759. The highest BCUT2D eigenvalue weighted by Gasteiger charge is 2.25. The van der Waals surface area contributed by atoms with Gasteiger partial charge in [0.15, 0.2) is 5.16 Å². The quantitative estimate of drug-likeness (QED) is 0.644. The lowest BCUT2D eigenvalue weighted by atomic mass is 10.2. The van der Waals surface area contributed by atoms with E-state index in [1.807, 2.05) is 11.5 Å². The molecule has 5 heteroatoms. The molecule has 0 radical (unpaired) electrons. The van der Waals surface area contributed by atoms with Crippen molar-refractivity contribution in [3.63, 3.8) is 0 Å². The average Bonchev–Trinajstić information content (AvgIpc) is 2.81. The second kappa shape index (κ2) is 5.66. The van der Waals surface area contributed by atoms with Gasteiger partial charge in [0.25, 0.3) is 5.56 Å². The number of nitrogens with zero attached hydrogens (tertiary/aromatic N) is 2. The van der Waals surface area contributed by atoms with Gasteiger partial charge in [0.05, 0.1) is 6.04 Å². The van der Waals surface area contributed by atoms with E-state index in [2.05, 4.69) is 36.2 Å². The molecule has 0 saturated carbocycles. The molecule has 1 aliphatic rings. The fourth-order valence-electron chi connectivity index (χ4n) is 2.21. The van der Waals surface area contributed by atoms with E-state index < -0.39 is 0 Å². The van der Waals surface area contributed by atoms with Crippen LogP contribution < -0.4 is 5.56 Å². The van der Waals surface area contributed by atoms with E-state index in [1.165, 1.54) is 10.5 Å². The molecule has 0 spiro atoms. The minimum Gasteiger partial charge on any atom is -0.283 e. The van der Waals surface area contributed by atoms with Crippen LogP contribution >= 0.6 is 23.5 Å². The first kappa shape index (κ1) is 13.8. The molecule has 0 unspecified atom stereocenters. The van der Waals surface area contributed by atoms with Crippen LogP contribution in [0.1, 0.15) is 17.3 Å². The number of aromatic nitrogens is 2. The third-order valence-electron chi connectivity index (χ3n) is 3.28. The maximum absolute atomic E-state index is 12.1. The average molecular weight is 304 g/mol. The maximum atomic E-state index is 12.1. The summed E-state index contributed by atoms with van der Waals surface area (Å²) in [7, 11) is 0. The van der Waals surface area contributed by atoms with E-state index in [0.29, 0.717) is 0 Å². The lowest BCUT2D eigenvalue weighted by Crippen LogP contribution is -2.25. The fraction of sp³-hybridized carbons (Fsp3) is 0.333. The topological polar surface area (TPSA) is 34.9 Å². The molecule has 104 valence electrons. The summed E-state index contributed by atoms with van der Waals surface area (Å²) in [5.74, 6) is 1.85. The molecule has 0 fully saturated rings. The van der Waals surface area contributed by atoms with Gasteiger partial charge in [-0.25, -0.2) is 4.98 Å². The highest BCUT2D eigenvalue weighted by Crippen LogP contribution is 2.33. The number of hydrogen-bond donors (Lipinski definition) is 0. The number of hydrogen-bond acceptors (Lipinski definition) is 4. The lowest BCUT2D eigenvalue weighted by molar-refractivity contribution is 0.547. The summed E-state index contributed by atoms with van der Waals surface area (Å²) in [5, 5.41) is 0.865. The van der Waals surface area contributed by atoms with Gasteiger partial charge in [-0.1, -0.05) is 29.5 Å². The third-order valence-corrected chi connectivity index (χ3v) is 5.54. The van der Waals surface area contributed by atoms with Crippen LogP contribution in [0.5, 0.6) is 0 Å². The van der Waals surface area contributed by atoms with Crippen molar-refractivity contribution in [1.82, 2.24) is 9.55 Å². The molecule has 1 aromatic carbocycles. The third kappa shape index (κ3) is 2.79. The van der Waals surface area contributed by atoms with Gasteiger partial charge in [-0.2, -0.15) is 0 Å². The molecule has 0 N–H and O–H groups in total. The Balaban J connectivity index is 1.75. The normalized spacial score (nSPS) is 17.2. The lowest BCUT2D eigenvalue weighted by Gasteiger charge is -2.12. The first-order valence-electron chi connectivity index (χ1n) is 6.56. The zero-order chi connectivity index (χ0) is 14.1. The van der Waals surface area contributed by atoms with Crippen LogP contribution in [0.25, 0.3) is 0 Å². The SMILES string of the molecule is Cc1ccc(SC[C@H]2CSc3nc(C)cc(=O)n32)cc1. The summed E-state index contributed by atoms with van der Waals surface area (Å²) >= 11 is 3.48. The number of fused-ring (bicyclic) bond motifs is 1. The molecule has 1 atom stereocenters. The predicted molar refractivity (Wildman–Crippen MR) is 84.9 cm³/mol. The van der Waals surface area contributed by atoms with Crippen molar-refractivity contribution in [2.75, 3.05) is 11.5 Å². The Hall–Kier alpha value is -1.20. The van der Waals surface area contributed by atoms with Crippen molar-refractivity contribution in [3.05, 3.63) is 51.9 Å². The molecule has 1 aliphatic heterocycles. The molecule has 0 aliphatic carbocycles. The Morgan fingerprint density at radius 1 is 1.35 bits per heavy atom. The van der Waals surface area contributed by atoms with E-state index in [1.54, 1.807) is 29.6 Å². The van der Waals surface area contributed by atoms with Crippen molar-refractivity contribution >= 4 is 23.5 Å². The van der Waals surface area contributed by atoms with Crippen molar-refractivity contribution in [1.29, 1.82) is 0 Å². The van der Waals surface area contributed by atoms with Gasteiger partial charge < -0.3 is 0 Å². The van der Waals surface area contributed by atoms with Crippen LogP contribution in [0.3, 0.4) is 0 Å². The second-order valence-electron chi connectivity index (χ2n) is 4.98.